The first kappa shape index (κ1) is 24.1. The molecule has 3 aromatic rings. The number of fused-ring (bicyclic) bond motifs is 1. The molecule has 1 saturated carbocycles. The molecule has 1 aliphatic heterocycles. The summed E-state index contributed by atoms with van der Waals surface area (Å²) >= 11 is 0. The molecule has 2 aliphatic rings. The molecule has 2 atom stereocenters. The lowest BCUT2D eigenvalue weighted by Gasteiger charge is -2.39. The van der Waals surface area contributed by atoms with Crippen LogP contribution in [-0.4, -0.2) is 48.8 Å². The molecule has 1 aliphatic carbocycles. The number of aryl methyl sites for hydroxylation is 1. The predicted octanol–water partition coefficient (Wildman–Crippen LogP) is 4.68. The number of aromatic amines is 1. The summed E-state index contributed by atoms with van der Waals surface area (Å²) in [6, 6.07) is 8.74. The largest absolute Gasteiger partial charge is 0.376 e. The molecule has 1 N–H and O–H groups in total. The Kier molecular flexibility index (Phi) is 7.58. The molecule has 188 valence electrons. The Morgan fingerprint density at radius 2 is 2.03 bits per heavy atom. The summed E-state index contributed by atoms with van der Waals surface area (Å²) in [5.41, 5.74) is 2.89. The quantitative estimate of drug-likeness (QED) is 0.480. The van der Waals surface area contributed by atoms with Crippen LogP contribution in [-0.2, 0) is 17.8 Å². The van der Waals surface area contributed by atoms with Gasteiger partial charge < -0.3 is 9.72 Å². The van der Waals surface area contributed by atoms with Gasteiger partial charge in [-0.3, -0.25) is 9.69 Å². The molecule has 35 heavy (non-hydrogen) atoms. The Bertz CT molecular complexity index is 1180. The van der Waals surface area contributed by atoms with Crippen LogP contribution in [0.15, 0.2) is 29.1 Å². The van der Waals surface area contributed by atoms with Crippen molar-refractivity contribution >= 4 is 10.9 Å². The van der Waals surface area contributed by atoms with Gasteiger partial charge in [0.1, 0.15) is 0 Å². The molecule has 1 saturated heterocycles. The standard InChI is InChI=1S/C27H38N6O2/c1-3-8-25(26-29-30-31-33(26)18-23-11-7-14-35-23)32(22-9-5-4-6-10-22)17-21-16-20-15-19(2)12-13-24(20)28-27(21)34/h12-13,15-16,22-23,25H,3-11,14,17-18H2,1-2H3,(H,28,34). The molecular weight excluding hydrogens is 440 g/mol. The van der Waals surface area contributed by atoms with Gasteiger partial charge in [0.05, 0.1) is 18.7 Å². The number of nitrogens with one attached hydrogen (secondary N) is 1. The van der Waals surface area contributed by atoms with Crippen molar-refractivity contribution in [1.29, 1.82) is 0 Å². The molecule has 0 spiro atoms. The lowest BCUT2D eigenvalue weighted by Crippen LogP contribution is -2.41. The number of H-pyrrole nitrogens is 1. The van der Waals surface area contributed by atoms with Crippen LogP contribution in [0.25, 0.3) is 10.9 Å². The molecule has 8 heteroatoms. The van der Waals surface area contributed by atoms with Gasteiger partial charge in [0.25, 0.3) is 5.56 Å². The number of nitrogens with zero attached hydrogens (tertiary/aromatic N) is 5. The van der Waals surface area contributed by atoms with Crippen LogP contribution in [0.1, 0.15) is 87.7 Å². The third-order valence-electron chi connectivity index (χ3n) is 7.69. The van der Waals surface area contributed by atoms with E-state index in [0.29, 0.717) is 19.1 Å². The summed E-state index contributed by atoms with van der Waals surface area (Å²) in [5, 5.41) is 14.1. The van der Waals surface area contributed by atoms with E-state index in [9.17, 15) is 4.79 Å². The van der Waals surface area contributed by atoms with Crippen molar-refractivity contribution in [2.45, 2.75) is 103 Å². The molecule has 1 aromatic carbocycles. The first-order valence-corrected chi connectivity index (χ1v) is 13.4. The molecular formula is C27H38N6O2. The Hall–Kier alpha value is -2.58. The third-order valence-corrected chi connectivity index (χ3v) is 7.69. The molecule has 8 nitrogen and oxygen atoms in total. The molecule has 0 amide bonds. The second kappa shape index (κ2) is 11.0. The lowest BCUT2D eigenvalue weighted by atomic mass is 9.91. The van der Waals surface area contributed by atoms with Crippen LogP contribution in [0.3, 0.4) is 0 Å². The highest BCUT2D eigenvalue weighted by Gasteiger charge is 2.33. The average Bonchev–Trinajstić information content (AvgIpc) is 3.55. The zero-order valence-corrected chi connectivity index (χ0v) is 21.1. The van der Waals surface area contributed by atoms with Crippen LogP contribution in [0.5, 0.6) is 0 Å². The number of aromatic nitrogens is 5. The van der Waals surface area contributed by atoms with Gasteiger partial charge in [0, 0.05) is 30.3 Å². The second-order valence-electron chi connectivity index (χ2n) is 10.3. The number of benzene rings is 1. The molecule has 2 aromatic heterocycles. The Morgan fingerprint density at radius 1 is 1.17 bits per heavy atom. The molecule has 5 rings (SSSR count). The maximum absolute atomic E-state index is 13.2. The van der Waals surface area contributed by atoms with Gasteiger partial charge in [-0.05, 0) is 73.0 Å². The van der Waals surface area contributed by atoms with Crippen LogP contribution in [0.4, 0.5) is 0 Å². The van der Waals surface area contributed by atoms with E-state index in [1.807, 2.05) is 16.8 Å². The maximum atomic E-state index is 13.2. The lowest BCUT2D eigenvalue weighted by molar-refractivity contribution is 0.0713. The van der Waals surface area contributed by atoms with E-state index >= 15 is 0 Å². The second-order valence-corrected chi connectivity index (χ2v) is 10.3. The van der Waals surface area contributed by atoms with Gasteiger partial charge in [-0.1, -0.05) is 44.2 Å². The number of hydrogen-bond donors (Lipinski definition) is 1. The topological polar surface area (TPSA) is 88.9 Å². The zero-order valence-electron chi connectivity index (χ0n) is 21.1. The fourth-order valence-corrected chi connectivity index (χ4v) is 5.87. The molecule has 3 heterocycles. The molecule has 2 unspecified atom stereocenters. The normalized spacial score (nSPS) is 20.1. The minimum atomic E-state index is -0.00337. The smallest absolute Gasteiger partial charge is 0.252 e. The van der Waals surface area contributed by atoms with Crippen molar-refractivity contribution < 1.29 is 4.74 Å². The van der Waals surface area contributed by atoms with Gasteiger partial charge in [0.15, 0.2) is 5.82 Å². The minimum Gasteiger partial charge on any atom is -0.376 e. The van der Waals surface area contributed by atoms with Crippen molar-refractivity contribution in [2.24, 2.45) is 0 Å². The van der Waals surface area contributed by atoms with Crippen LogP contribution in [0, 0.1) is 6.92 Å². The monoisotopic (exact) mass is 478 g/mol. The number of hydrogen-bond acceptors (Lipinski definition) is 6. The van der Waals surface area contributed by atoms with Crippen LogP contribution in [0.2, 0.25) is 0 Å². The minimum absolute atomic E-state index is 0.00337. The summed E-state index contributed by atoms with van der Waals surface area (Å²) < 4.78 is 7.84. The van der Waals surface area contributed by atoms with E-state index in [1.54, 1.807) is 0 Å². The number of tetrazole rings is 1. The first-order chi connectivity index (χ1) is 17.1. The predicted molar refractivity (Wildman–Crippen MR) is 136 cm³/mol. The summed E-state index contributed by atoms with van der Waals surface area (Å²) in [6.07, 6.45) is 10.3. The summed E-state index contributed by atoms with van der Waals surface area (Å²) in [4.78, 5) is 18.8. The van der Waals surface area contributed by atoms with E-state index < -0.39 is 0 Å². The highest BCUT2D eigenvalue weighted by molar-refractivity contribution is 5.79. The third kappa shape index (κ3) is 5.48. The van der Waals surface area contributed by atoms with Crippen molar-refractivity contribution in [3.8, 4) is 0 Å². The molecule has 2 fully saturated rings. The van der Waals surface area contributed by atoms with Crippen molar-refractivity contribution in [3.63, 3.8) is 0 Å². The Morgan fingerprint density at radius 3 is 2.80 bits per heavy atom. The highest BCUT2D eigenvalue weighted by atomic mass is 16.5. The molecule has 0 bridgehead atoms. The van der Waals surface area contributed by atoms with Gasteiger partial charge >= 0.3 is 0 Å². The van der Waals surface area contributed by atoms with Crippen molar-refractivity contribution in [2.75, 3.05) is 6.61 Å². The Balaban J connectivity index is 1.50. The summed E-state index contributed by atoms with van der Waals surface area (Å²) in [6.45, 7) is 6.41. The van der Waals surface area contributed by atoms with Gasteiger partial charge in [-0.2, -0.15) is 0 Å². The summed E-state index contributed by atoms with van der Waals surface area (Å²) in [7, 11) is 0. The molecule has 0 radical (unpaired) electrons. The zero-order chi connectivity index (χ0) is 24.2. The van der Waals surface area contributed by atoms with Crippen molar-refractivity contribution in [3.05, 3.63) is 51.6 Å². The van der Waals surface area contributed by atoms with E-state index in [4.69, 9.17) is 4.74 Å². The Labute approximate surface area is 207 Å². The fourth-order valence-electron chi connectivity index (χ4n) is 5.87. The summed E-state index contributed by atoms with van der Waals surface area (Å²) in [5.74, 6) is 0.904. The average molecular weight is 479 g/mol. The van der Waals surface area contributed by atoms with E-state index in [1.165, 1.54) is 24.8 Å². The van der Waals surface area contributed by atoms with Gasteiger partial charge in [-0.25, -0.2) is 4.68 Å². The highest BCUT2D eigenvalue weighted by Crippen LogP contribution is 2.34. The van der Waals surface area contributed by atoms with Crippen LogP contribution >= 0.6 is 0 Å². The van der Waals surface area contributed by atoms with Gasteiger partial charge in [-0.15, -0.1) is 5.10 Å². The van der Waals surface area contributed by atoms with Crippen molar-refractivity contribution in [1.82, 2.24) is 30.1 Å². The van der Waals surface area contributed by atoms with Crippen LogP contribution < -0.4 is 5.56 Å². The number of pyridine rings is 1. The number of rotatable bonds is 9. The van der Waals surface area contributed by atoms with E-state index in [-0.39, 0.29) is 17.7 Å². The van der Waals surface area contributed by atoms with Gasteiger partial charge in [0.2, 0.25) is 0 Å². The number of ether oxygens (including phenoxy) is 1. The maximum Gasteiger partial charge on any atom is 0.252 e. The first-order valence-electron chi connectivity index (χ1n) is 13.4. The van der Waals surface area contributed by atoms with E-state index in [0.717, 1.165) is 67.4 Å². The van der Waals surface area contributed by atoms with E-state index in [2.05, 4.69) is 51.4 Å². The fraction of sp³-hybridized carbons (Fsp3) is 0.630. The SMILES string of the molecule is CCCC(c1nnnn1CC1CCCO1)N(Cc1cc2cc(C)ccc2[nH]c1=O)C1CCCCC1.